The second kappa shape index (κ2) is 3.31. The van der Waals surface area contributed by atoms with Crippen molar-refractivity contribution in [3.8, 4) is 0 Å². The fourth-order valence-electron chi connectivity index (χ4n) is 2.10. The average molecular weight is 217 g/mol. The maximum Gasteiger partial charge on any atom is 0.229 e. The largest absolute Gasteiger partial charge is 0.391 e. The van der Waals surface area contributed by atoms with Crippen LogP contribution in [0.5, 0.6) is 0 Å². The zero-order valence-electron chi connectivity index (χ0n) is 8.55. The van der Waals surface area contributed by atoms with Crippen molar-refractivity contribution in [2.45, 2.75) is 12.5 Å². The van der Waals surface area contributed by atoms with Crippen molar-refractivity contribution in [2.24, 2.45) is 0 Å². The molecule has 0 radical (unpaired) electrons. The predicted molar refractivity (Wildman–Crippen MR) is 59.1 cm³/mol. The standard InChI is InChI=1S/C11H11N3O2/c15-8-4-10(16)14(6-8)9-3-1-2-7-5-12-13-11(7)9/h1-3,5,8,15H,4,6H2,(H,12,13). The quantitative estimate of drug-likeness (QED) is 0.737. The first kappa shape index (κ1) is 9.35. The van der Waals surface area contributed by atoms with Crippen molar-refractivity contribution < 1.29 is 9.90 Å². The number of carbonyl (C=O) groups is 1. The zero-order valence-corrected chi connectivity index (χ0v) is 8.55. The van der Waals surface area contributed by atoms with Crippen molar-refractivity contribution in [3.05, 3.63) is 24.4 Å². The summed E-state index contributed by atoms with van der Waals surface area (Å²) in [5, 5.41) is 17.3. The highest BCUT2D eigenvalue weighted by atomic mass is 16.3. The van der Waals surface area contributed by atoms with E-state index in [1.165, 1.54) is 0 Å². The molecule has 1 atom stereocenters. The summed E-state index contributed by atoms with van der Waals surface area (Å²) in [5.41, 5.74) is 1.63. The van der Waals surface area contributed by atoms with Crippen molar-refractivity contribution >= 4 is 22.5 Å². The van der Waals surface area contributed by atoms with Crippen LogP contribution < -0.4 is 4.90 Å². The van der Waals surface area contributed by atoms with Crippen molar-refractivity contribution in [3.63, 3.8) is 0 Å². The van der Waals surface area contributed by atoms with Gasteiger partial charge in [0.2, 0.25) is 5.91 Å². The Morgan fingerprint density at radius 3 is 3.12 bits per heavy atom. The van der Waals surface area contributed by atoms with Gasteiger partial charge in [-0.25, -0.2) is 0 Å². The molecule has 2 heterocycles. The van der Waals surface area contributed by atoms with Crippen LogP contribution in [-0.4, -0.2) is 33.9 Å². The van der Waals surface area contributed by atoms with Gasteiger partial charge in [-0.2, -0.15) is 5.10 Å². The van der Waals surface area contributed by atoms with Gasteiger partial charge in [-0.3, -0.25) is 9.89 Å². The number of hydrogen-bond acceptors (Lipinski definition) is 3. The fraction of sp³-hybridized carbons (Fsp3) is 0.273. The Hall–Kier alpha value is -1.88. The van der Waals surface area contributed by atoms with E-state index in [1.807, 2.05) is 18.2 Å². The van der Waals surface area contributed by atoms with E-state index < -0.39 is 6.10 Å². The summed E-state index contributed by atoms with van der Waals surface area (Å²) in [4.78, 5) is 13.3. The Balaban J connectivity index is 2.12. The molecule has 0 aliphatic carbocycles. The van der Waals surface area contributed by atoms with Gasteiger partial charge in [0, 0.05) is 5.39 Å². The molecule has 82 valence electrons. The summed E-state index contributed by atoms with van der Waals surface area (Å²) in [5.74, 6) is -0.0467. The Morgan fingerprint density at radius 2 is 2.38 bits per heavy atom. The van der Waals surface area contributed by atoms with Gasteiger partial charge in [0.25, 0.3) is 0 Å². The molecule has 1 aliphatic rings. The van der Waals surface area contributed by atoms with Crippen molar-refractivity contribution in [2.75, 3.05) is 11.4 Å². The van der Waals surface area contributed by atoms with E-state index in [1.54, 1.807) is 11.1 Å². The Kier molecular flexibility index (Phi) is 1.94. The molecule has 3 rings (SSSR count). The number of H-pyrrole nitrogens is 1. The van der Waals surface area contributed by atoms with Crippen LogP contribution >= 0.6 is 0 Å². The van der Waals surface area contributed by atoms with Crippen LogP contribution in [-0.2, 0) is 4.79 Å². The van der Waals surface area contributed by atoms with Crippen LogP contribution in [0.4, 0.5) is 5.69 Å². The monoisotopic (exact) mass is 217 g/mol. The lowest BCUT2D eigenvalue weighted by Crippen LogP contribution is -2.25. The van der Waals surface area contributed by atoms with Crippen LogP contribution in [0.3, 0.4) is 0 Å². The third kappa shape index (κ3) is 1.29. The molecule has 1 amide bonds. The smallest absolute Gasteiger partial charge is 0.229 e. The molecule has 2 N–H and O–H groups in total. The summed E-state index contributed by atoms with van der Waals surface area (Å²) >= 11 is 0. The summed E-state index contributed by atoms with van der Waals surface area (Å²) in [6, 6.07) is 5.67. The lowest BCUT2D eigenvalue weighted by molar-refractivity contribution is -0.117. The number of nitrogens with one attached hydrogen (secondary N) is 1. The molecule has 5 nitrogen and oxygen atoms in total. The highest BCUT2D eigenvalue weighted by Crippen LogP contribution is 2.28. The number of rotatable bonds is 1. The SMILES string of the molecule is O=C1CC(O)CN1c1cccc2cn[nH]c12. The number of aliphatic hydroxyl groups excluding tert-OH is 1. The normalized spacial score (nSPS) is 20.9. The van der Waals surface area contributed by atoms with Gasteiger partial charge in [-0.05, 0) is 6.07 Å². The minimum atomic E-state index is -0.564. The first-order chi connectivity index (χ1) is 7.75. The second-order valence-corrected chi connectivity index (χ2v) is 3.97. The zero-order chi connectivity index (χ0) is 11.1. The Bertz CT molecular complexity index is 549. The molecule has 1 aromatic heterocycles. The number of β-amino-alcohol motifs (C(OH)–C–C–N with tert-alkyl or cyclic N) is 1. The van der Waals surface area contributed by atoms with E-state index >= 15 is 0 Å². The predicted octanol–water partition coefficient (Wildman–Crippen LogP) is 0.661. The number of aromatic nitrogens is 2. The summed E-state index contributed by atoms with van der Waals surface area (Å²) < 4.78 is 0. The number of para-hydroxylation sites is 1. The lowest BCUT2D eigenvalue weighted by Gasteiger charge is -2.16. The molecular weight excluding hydrogens is 206 g/mol. The molecule has 2 aromatic rings. The van der Waals surface area contributed by atoms with Crippen molar-refractivity contribution in [1.29, 1.82) is 0 Å². The van der Waals surface area contributed by atoms with Crippen LogP contribution in [0.2, 0.25) is 0 Å². The second-order valence-electron chi connectivity index (χ2n) is 3.97. The van der Waals surface area contributed by atoms with E-state index in [4.69, 9.17) is 0 Å². The van der Waals surface area contributed by atoms with Crippen LogP contribution in [0.25, 0.3) is 10.9 Å². The maximum atomic E-state index is 11.7. The number of nitrogens with zero attached hydrogens (tertiary/aromatic N) is 2. The topological polar surface area (TPSA) is 69.2 Å². The molecule has 5 heteroatoms. The Labute approximate surface area is 91.7 Å². The molecule has 1 aromatic carbocycles. The number of anilines is 1. The van der Waals surface area contributed by atoms with E-state index in [0.29, 0.717) is 6.54 Å². The average Bonchev–Trinajstić information content (AvgIpc) is 2.84. The molecule has 0 bridgehead atoms. The number of aromatic amines is 1. The molecule has 1 saturated heterocycles. The van der Waals surface area contributed by atoms with Gasteiger partial charge in [0.1, 0.15) is 0 Å². The van der Waals surface area contributed by atoms with Gasteiger partial charge in [0.05, 0.1) is 36.5 Å². The summed E-state index contributed by atoms with van der Waals surface area (Å²) in [7, 11) is 0. The number of fused-ring (bicyclic) bond motifs is 1. The van der Waals surface area contributed by atoms with Crippen LogP contribution in [0.1, 0.15) is 6.42 Å². The molecule has 16 heavy (non-hydrogen) atoms. The molecule has 0 spiro atoms. The van der Waals surface area contributed by atoms with Crippen molar-refractivity contribution in [1.82, 2.24) is 10.2 Å². The molecule has 1 aliphatic heterocycles. The van der Waals surface area contributed by atoms with Crippen LogP contribution in [0, 0.1) is 0 Å². The molecular formula is C11H11N3O2. The fourth-order valence-corrected chi connectivity index (χ4v) is 2.10. The van der Waals surface area contributed by atoms with Gasteiger partial charge in [-0.1, -0.05) is 12.1 Å². The van der Waals surface area contributed by atoms with E-state index in [9.17, 15) is 9.90 Å². The van der Waals surface area contributed by atoms with E-state index in [0.717, 1.165) is 16.6 Å². The van der Waals surface area contributed by atoms with Gasteiger partial charge in [-0.15, -0.1) is 0 Å². The third-order valence-electron chi connectivity index (χ3n) is 2.85. The highest BCUT2D eigenvalue weighted by Gasteiger charge is 2.30. The number of aliphatic hydroxyl groups is 1. The first-order valence-electron chi connectivity index (χ1n) is 5.16. The van der Waals surface area contributed by atoms with Gasteiger partial charge < -0.3 is 10.0 Å². The number of hydrogen-bond donors (Lipinski definition) is 2. The lowest BCUT2D eigenvalue weighted by atomic mass is 10.2. The number of amides is 1. The van der Waals surface area contributed by atoms with E-state index in [2.05, 4.69) is 10.2 Å². The minimum Gasteiger partial charge on any atom is -0.391 e. The highest BCUT2D eigenvalue weighted by molar-refractivity contribution is 6.03. The number of carbonyl (C=O) groups excluding carboxylic acids is 1. The minimum absolute atomic E-state index is 0.0467. The summed E-state index contributed by atoms with van der Waals surface area (Å²) in [6.07, 6.45) is 1.35. The third-order valence-corrected chi connectivity index (χ3v) is 2.85. The first-order valence-corrected chi connectivity index (χ1v) is 5.16. The summed E-state index contributed by atoms with van der Waals surface area (Å²) in [6.45, 7) is 0.358. The number of benzene rings is 1. The molecule has 0 saturated carbocycles. The van der Waals surface area contributed by atoms with Crippen LogP contribution in [0.15, 0.2) is 24.4 Å². The van der Waals surface area contributed by atoms with Gasteiger partial charge >= 0.3 is 0 Å². The maximum absolute atomic E-state index is 11.7. The van der Waals surface area contributed by atoms with E-state index in [-0.39, 0.29) is 12.3 Å². The Morgan fingerprint density at radius 1 is 1.50 bits per heavy atom. The van der Waals surface area contributed by atoms with Gasteiger partial charge in [0.15, 0.2) is 0 Å². The molecule has 1 unspecified atom stereocenters. The molecule has 1 fully saturated rings.